The van der Waals surface area contributed by atoms with Crippen molar-refractivity contribution in [2.45, 2.75) is 62.8 Å². The number of amides is 1. The van der Waals surface area contributed by atoms with E-state index in [4.69, 9.17) is 14.2 Å². The standard InChI is InChI=1S/C20H27FN2O5S/c1-20(2,3)28-19(25)23(4)18-22-15-14(21)16(13(10-24)27-17(15)29-18)26-11-12-8-6-5-7-9-12/h5-9,13-17,24H,10-11H2,1-4H3/t13-,14-,15-,16+,17-/m1/s1. The van der Waals surface area contributed by atoms with E-state index in [1.54, 1.807) is 20.8 Å². The lowest BCUT2D eigenvalue weighted by Gasteiger charge is -2.38. The topological polar surface area (TPSA) is 80.6 Å². The number of benzene rings is 1. The van der Waals surface area contributed by atoms with Crippen molar-refractivity contribution in [3.05, 3.63) is 35.9 Å². The summed E-state index contributed by atoms with van der Waals surface area (Å²) < 4.78 is 32.2. The van der Waals surface area contributed by atoms with Crippen LogP contribution in [0.3, 0.4) is 0 Å². The Labute approximate surface area is 174 Å². The number of hydrogen-bond acceptors (Lipinski definition) is 7. The lowest BCUT2D eigenvalue weighted by molar-refractivity contribution is -0.171. The van der Waals surface area contributed by atoms with Crippen molar-refractivity contribution in [3.8, 4) is 0 Å². The summed E-state index contributed by atoms with van der Waals surface area (Å²) in [5, 5.41) is 10.0. The Morgan fingerprint density at radius 1 is 1.34 bits per heavy atom. The summed E-state index contributed by atoms with van der Waals surface area (Å²) in [4.78, 5) is 17.9. The number of aliphatic hydroxyl groups excluding tert-OH is 1. The molecular formula is C20H27FN2O5S. The number of aliphatic hydroxyl groups is 1. The first-order chi connectivity index (χ1) is 13.7. The van der Waals surface area contributed by atoms with Crippen LogP contribution in [-0.4, -0.2) is 70.4 Å². The summed E-state index contributed by atoms with van der Waals surface area (Å²) in [6.45, 7) is 5.13. The van der Waals surface area contributed by atoms with Crippen molar-refractivity contribution in [2.24, 2.45) is 4.99 Å². The molecule has 1 saturated heterocycles. The van der Waals surface area contributed by atoms with Crippen LogP contribution >= 0.6 is 11.8 Å². The van der Waals surface area contributed by atoms with Gasteiger partial charge in [0.25, 0.3) is 0 Å². The number of nitrogens with zero attached hydrogens (tertiary/aromatic N) is 2. The van der Waals surface area contributed by atoms with Crippen LogP contribution in [0.4, 0.5) is 9.18 Å². The average molecular weight is 427 g/mol. The summed E-state index contributed by atoms with van der Waals surface area (Å²) in [6, 6.07) is 8.57. The number of aliphatic imine (C=N–C) groups is 1. The fraction of sp³-hybridized carbons (Fsp3) is 0.600. The average Bonchev–Trinajstić information content (AvgIpc) is 3.10. The van der Waals surface area contributed by atoms with Crippen LogP contribution in [0.25, 0.3) is 0 Å². The van der Waals surface area contributed by atoms with Gasteiger partial charge in [-0.25, -0.2) is 9.18 Å². The van der Waals surface area contributed by atoms with Gasteiger partial charge in [0.15, 0.2) is 11.3 Å². The first-order valence-electron chi connectivity index (χ1n) is 9.46. The molecule has 2 aliphatic rings. The second-order valence-corrected chi connectivity index (χ2v) is 9.06. The first-order valence-corrected chi connectivity index (χ1v) is 10.3. The molecule has 5 atom stereocenters. The molecule has 0 aliphatic carbocycles. The number of thioether (sulfide) groups is 1. The number of fused-ring (bicyclic) bond motifs is 1. The molecule has 1 amide bonds. The molecule has 0 unspecified atom stereocenters. The van der Waals surface area contributed by atoms with E-state index in [0.717, 1.165) is 17.3 Å². The zero-order valence-electron chi connectivity index (χ0n) is 16.9. The van der Waals surface area contributed by atoms with Crippen molar-refractivity contribution in [2.75, 3.05) is 13.7 Å². The second kappa shape index (κ2) is 8.99. The predicted molar refractivity (Wildman–Crippen MR) is 108 cm³/mol. The van der Waals surface area contributed by atoms with E-state index < -0.39 is 41.6 Å². The van der Waals surface area contributed by atoms with Gasteiger partial charge in [0.05, 0.1) is 13.2 Å². The second-order valence-electron chi connectivity index (χ2n) is 7.99. The molecule has 3 rings (SSSR count). The minimum absolute atomic E-state index is 0.199. The van der Waals surface area contributed by atoms with Crippen molar-refractivity contribution in [1.82, 2.24) is 4.90 Å². The highest BCUT2D eigenvalue weighted by molar-refractivity contribution is 8.14. The Bertz CT molecular complexity index is 742. The van der Waals surface area contributed by atoms with Gasteiger partial charge in [0.2, 0.25) is 0 Å². The number of hydrogen-bond donors (Lipinski definition) is 1. The minimum Gasteiger partial charge on any atom is -0.443 e. The van der Waals surface area contributed by atoms with E-state index in [2.05, 4.69) is 4.99 Å². The quantitative estimate of drug-likeness (QED) is 0.797. The van der Waals surface area contributed by atoms with Gasteiger partial charge in [0, 0.05) is 7.05 Å². The highest BCUT2D eigenvalue weighted by Crippen LogP contribution is 2.39. The molecule has 0 radical (unpaired) electrons. The zero-order chi connectivity index (χ0) is 21.2. The van der Waals surface area contributed by atoms with Crippen LogP contribution in [0.2, 0.25) is 0 Å². The van der Waals surface area contributed by atoms with Crippen LogP contribution in [0.5, 0.6) is 0 Å². The third-order valence-electron chi connectivity index (χ3n) is 4.49. The Kier molecular flexibility index (Phi) is 6.83. The van der Waals surface area contributed by atoms with Crippen LogP contribution < -0.4 is 0 Å². The molecule has 1 N–H and O–H groups in total. The van der Waals surface area contributed by atoms with Crippen LogP contribution in [0.1, 0.15) is 26.3 Å². The predicted octanol–water partition coefficient (Wildman–Crippen LogP) is 2.97. The van der Waals surface area contributed by atoms with E-state index in [1.807, 2.05) is 30.3 Å². The van der Waals surface area contributed by atoms with Gasteiger partial charge in [-0.1, -0.05) is 42.1 Å². The molecule has 7 nitrogen and oxygen atoms in total. The van der Waals surface area contributed by atoms with Crippen molar-refractivity contribution < 1.29 is 28.5 Å². The normalized spacial score (nSPS) is 29.2. The number of carbonyl (C=O) groups excluding carboxylic acids is 1. The zero-order valence-corrected chi connectivity index (χ0v) is 17.8. The number of carbonyl (C=O) groups is 1. The number of halogens is 1. The Hall–Kier alpha value is -1.68. The third-order valence-corrected chi connectivity index (χ3v) is 5.71. The Balaban J connectivity index is 1.69. The molecule has 1 aromatic rings. The molecule has 160 valence electrons. The maximum absolute atomic E-state index is 15.3. The molecule has 2 heterocycles. The molecule has 1 fully saturated rings. The number of amidine groups is 1. The van der Waals surface area contributed by atoms with E-state index in [1.165, 1.54) is 11.9 Å². The maximum Gasteiger partial charge on any atom is 0.416 e. The molecular weight excluding hydrogens is 399 g/mol. The maximum atomic E-state index is 15.3. The molecule has 29 heavy (non-hydrogen) atoms. The monoisotopic (exact) mass is 426 g/mol. The van der Waals surface area contributed by atoms with Gasteiger partial charge in [-0.2, -0.15) is 0 Å². The van der Waals surface area contributed by atoms with Gasteiger partial charge in [-0.05, 0) is 26.3 Å². The van der Waals surface area contributed by atoms with Gasteiger partial charge in [0.1, 0.15) is 29.3 Å². The lowest BCUT2D eigenvalue weighted by Crippen LogP contribution is -2.55. The third kappa shape index (κ3) is 5.28. The molecule has 0 bridgehead atoms. The molecule has 9 heteroatoms. The molecule has 0 saturated carbocycles. The summed E-state index contributed by atoms with van der Waals surface area (Å²) in [6.07, 6.45) is -3.83. The fourth-order valence-electron chi connectivity index (χ4n) is 3.06. The smallest absolute Gasteiger partial charge is 0.416 e. The van der Waals surface area contributed by atoms with Crippen LogP contribution in [0, 0.1) is 0 Å². The van der Waals surface area contributed by atoms with E-state index >= 15 is 4.39 Å². The molecule has 1 aromatic carbocycles. The largest absolute Gasteiger partial charge is 0.443 e. The van der Waals surface area contributed by atoms with E-state index in [-0.39, 0.29) is 13.2 Å². The van der Waals surface area contributed by atoms with E-state index in [9.17, 15) is 9.90 Å². The molecule has 2 aliphatic heterocycles. The summed E-state index contributed by atoms with van der Waals surface area (Å²) in [5.41, 5.74) is -0.397. The summed E-state index contributed by atoms with van der Waals surface area (Å²) in [5.74, 6) is 0. The molecule has 0 spiro atoms. The SMILES string of the molecule is CN(C(=O)OC(C)(C)C)C1=N[C@@H]2[C@@H](F)[C@@H](OCc3ccccc3)[C@@H](CO)O[C@@H]2S1. The fourth-order valence-corrected chi connectivity index (χ4v) is 4.23. The van der Waals surface area contributed by atoms with E-state index in [0.29, 0.717) is 5.17 Å². The van der Waals surface area contributed by atoms with Gasteiger partial charge in [-0.3, -0.25) is 9.89 Å². The van der Waals surface area contributed by atoms with Gasteiger partial charge in [-0.15, -0.1) is 0 Å². The lowest BCUT2D eigenvalue weighted by atomic mass is 9.99. The van der Waals surface area contributed by atoms with Crippen LogP contribution in [-0.2, 0) is 20.8 Å². The van der Waals surface area contributed by atoms with Crippen LogP contribution in [0.15, 0.2) is 35.3 Å². The first kappa shape index (κ1) is 22.0. The highest BCUT2D eigenvalue weighted by atomic mass is 32.2. The number of ether oxygens (including phenoxy) is 3. The Morgan fingerprint density at radius 3 is 2.66 bits per heavy atom. The van der Waals surface area contributed by atoms with Gasteiger partial charge < -0.3 is 19.3 Å². The summed E-state index contributed by atoms with van der Waals surface area (Å²) >= 11 is 1.14. The van der Waals surface area contributed by atoms with Crippen molar-refractivity contribution in [3.63, 3.8) is 0 Å². The Morgan fingerprint density at radius 2 is 2.03 bits per heavy atom. The number of alkyl halides is 1. The molecule has 0 aromatic heterocycles. The van der Waals surface area contributed by atoms with Gasteiger partial charge >= 0.3 is 6.09 Å². The van der Waals surface area contributed by atoms with Crippen molar-refractivity contribution in [1.29, 1.82) is 0 Å². The summed E-state index contributed by atoms with van der Waals surface area (Å²) in [7, 11) is 1.53. The minimum atomic E-state index is -1.48. The highest BCUT2D eigenvalue weighted by Gasteiger charge is 2.51. The number of rotatable bonds is 4. The van der Waals surface area contributed by atoms with Crippen molar-refractivity contribution >= 4 is 23.0 Å².